The van der Waals surface area contributed by atoms with Gasteiger partial charge < -0.3 is 19.5 Å². The van der Waals surface area contributed by atoms with Crippen LogP contribution in [-0.4, -0.2) is 35.0 Å². The maximum Gasteiger partial charge on any atom is 0.344 e. The largest absolute Gasteiger partial charge is 0.482 e. The number of aryl methyl sites for hydroxylation is 1. The highest BCUT2D eigenvalue weighted by Gasteiger charge is 2.37. The smallest absolute Gasteiger partial charge is 0.344 e. The maximum absolute atomic E-state index is 11.8. The number of carbonyl (C=O) groups excluding carboxylic acids is 1. The Balaban J connectivity index is 1.61. The summed E-state index contributed by atoms with van der Waals surface area (Å²) in [6.07, 6.45) is 4.85. The van der Waals surface area contributed by atoms with Gasteiger partial charge in [0.15, 0.2) is 11.7 Å². The molecule has 1 aliphatic rings. The first-order valence-electron chi connectivity index (χ1n) is 12.2. The van der Waals surface area contributed by atoms with Crippen LogP contribution in [0.3, 0.4) is 0 Å². The zero-order valence-electron chi connectivity index (χ0n) is 21.1. The van der Waals surface area contributed by atoms with Gasteiger partial charge in [-0.25, -0.2) is 4.79 Å². The molecular formula is C28H30N4O4S. The van der Waals surface area contributed by atoms with Gasteiger partial charge in [0.1, 0.15) is 17.1 Å². The van der Waals surface area contributed by atoms with Crippen molar-refractivity contribution >= 4 is 34.7 Å². The van der Waals surface area contributed by atoms with E-state index in [1.54, 1.807) is 31.5 Å². The molecule has 37 heavy (non-hydrogen) atoms. The molecule has 2 N–H and O–H groups in total. The Labute approximate surface area is 222 Å². The van der Waals surface area contributed by atoms with Crippen LogP contribution in [0.4, 0.5) is 5.69 Å². The summed E-state index contributed by atoms with van der Waals surface area (Å²) in [6.45, 7) is 5.96. The van der Waals surface area contributed by atoms with Crippen molar-refractivity contribution in [2.45, 2.75) is 39.2 Å². The lowest BCUT2D eigenvalue weighted by molar-refractivity contribution is -0.145. The van der Waals surface area contributed by atoms with Gasteiger partial charge in [-0.15, -0.1) is 0 Å². The van der Waals surface area contributed by atoms with E-state index in [2.05, 4.69) is 33.8 Å². The fourth-order valence-electron chi connectivity index (χ4n) is 4.11. The summed E-state index contributed by atoms with van der Waals surface area (Å²) in [4.78, 5) is 16.0. The molecule has 9 heteroatoms. The summed E-state index contributed by atoms with van der Waals surface area (Å²) in [5.41, 5.74) is 6.78. The number of pyridine rings is 1. The van der Waals surface area contributed by atoms with E-state index in [0.29, 0.717) is 29.6 Å². The first kappa shape index (κ1) is 26.1. The number of benzene rings is 2. The number of fused-ring (bicyclic) bond motifs is 1. The standard InChI is InChI=1S/C28H30N4O4S/c1-4-19-9-6-7-11-23(19)30-27(37)32-31-24-16-28(3,20-10-8-14-29-17-20)36-25-13-12-21(15-22(24)25)35-18-26(33)34-5-2/h6-15,17H,4-5,16,18H2,1-3H3,(H2,30,32,37)/b31-24-/t28-/m0/s1. The molecule has 0 amide bonds. The summed E-state index contributed by atoms with van der Waals surface area (Å²) in [5.74, 6) is 0.711. The third-order valence-electron chi connectivity index (χ3n) is 5.97. The molecule has 1 aliphatic heterocycles. The highest BCUT2D eigenvalue weighted by atomic mass is 32.1. The predicted octanol–water partition coefficient (Wildman–Crippen LogP) is 4.97. The fraction of sp³-hybridized carbons (Fsp3) is 0.286. The van der Waals surface area contributed by atoms with Crippen molar-refractivity contribution in [3.8, 4) is 11.5 Å². The van der Waals surface area contributed by atoms with E-state index in [9.17, 15) is 4.79 Å². The van der Waals surface area contributed by atoms with Gasteiger partial charge in [0.05, 0.1) is 12.3 Å². The number of thiocarbonyl (C=S) groups is 1. The Hall–Kier alpha value is -3.98. The van der Waals surface area contributed by atoms with E-state index >= 15 is 0 Å². The van der Waals surface area contributed by atoms with E-state index in [0.717, 1.165) is 34.5 Å². The summed E-state index contributed by atoms with van der Waals surface area (Å²) >= 11 is 5.54. The summed E-state index contributed by atoms with van der Waals surface area (Å²) < 4.78 is 17.0. The Kier molecular flexibility index (Phi) is 8.35. The number of ether oxygens (including phenoxy) is 3. The van der Waals surface area contributed by atoms with Gasteiger partial charge in [0, 0.05) is 35.6 Å². The molecule has 1 aromatic heterocycles. The van der Waals surface area contributed by atoms with E-state index in [4.69, 9.17) is 26.4 Å². The van der Waals surface area contributed by atoms with Gasteiger partial charge in [-0.1, -0.05) is 31.2 Å². The Morgan fingerprint density at radius 3 is 2.78 bits per heavy atom. The average Bonchev–Trinajstić information content (AvgIpc) is 2.91. The molecule has 0 spiro atoms. The van der Waals surface area contributed by atoms with Gasteiger partial charge in [0.2, 0.25) is 0 Å². The normalized spacial score (nSPS) is 17.3. The zero-order valence-corrected chi connectivity index (χ0v) is 21.9. The molecule has 0 saturated carbocycles. The first-order valence-corrected chi connectivity index (χ1v) is 12.6. The lowest BCUT2D eigenvalue weighted by Gasteiger charge is -2.36. The van der Waals surface area contributed by atoms with Gasteiger partial charge in [-0.3, -0.25) is 10.4 Å². The number of hydrazone groups is 1. The van der Waals surface area contributed by atoms with Crippen LogP contribution in [-0.2, 0) is 21.6 Å². The van der Waals surface area contributed by atoms with E-state index in [-0.39, 0.29) is 6.61 Å². The van der Waals surface area contributed by atoms with Crippen LogP contribution in [0, 0.1) is 0 Å². The molecule has 2 heterocycles. The van der Waals surface area contributed by atoms with E-state index < -0.39 is 11.6 Å². The quantitative estimate of drug-likeness (QED) is 0.245. The highest BCUT2D eigenvalue weighted by Crippen LogP contribution is 2.40. The molecule has 1 atom stereocenters. The van der Waals surface area contributed by atoms with Crippen LogP contribution in [0.15, 0.2) is 72.1 Å². The van der Waals surface area contributed by atoms with Gasteiger partial charge >= 0.3 is 5.97 Å². The number of aromatic nitrogens is 1. The first-order chi connectivity index (χ1) is 17.9. The monoisotopic (exact) mass is 518 g/mol. The van der Waals surface area contributed by atoms with Gasteiger partial charge in [-0.05, 0) is 68.4 Å². The molecule has 0 saturated heterocycles. The molecule has 0 bridgehead atoms. The number of hydrogen-bond donors (Lipinski definition) is 2. The highest BCUT2D eigenvalue weighted by molar-refractivity contribution is 7.80. The molecule has 192 valence electrons. The molecule has 2 aromatic carbocycles. The molecular weight excluding hydrogens is 488 g/mol. The minimum Gasteiger partial charge on any atom is -0.482 e. The number of carbonyl (C=O) groups is 1. The SMILES string of the molecule is CCOC(=O)COc1ccc2c(c1)/C(=N\NC(=S)Nc1ccccc1CC)C[C@@](C)(c1cccnc1)O2. The second-order valence-corrected chi connectivity index (χ2v) is 9.05. The second kappa shape index (κ2) is 11.8. The average molecular weight is 519 g/mol. The van der Waals surface area contributed by atoms with E-state index in [1.807, 2.05) is 43.3 Å². The summed E-state index contributed by atoms with van der Waals surface area (Å²) in [7, 11) is 0. The Morgan fingerprint density at radius 2 is 2.03 bits per heavy atom. The Morgan fingerprint density at radius 1 is 1.19 bits per heavy atom. The number of esters is 1. The van der Waals surface area contributed by atoms with Crippen molar-refractivity contribution in [2.75, 3.05) is 18.5 Å². The third kappa shape index (κ3) is 6.42. The topological polar surface area (TPSA) is 94.1 Å². The molecule has 4 rings (SSSR count). The van der Waals surface area contributed by atoms with E-state index in [1.165, 1.54) is 0 Å². The van der Waals surface area contributed by atoms with Crippen LogP contribution < -0.4 is 20.2 Å². The minimum absolute atomic E-state index is 0.184. The molecule has 0 fully saturated rings. The molecule has 3 aromatic rings. The van der Waals surface area contributed by atoms with Gasteiger partial charge in [0.25, 0.3) is 0 Å². The van der Waals surface area contributed by atoms with Crippen LogP contribution >= 0.6 is 12.2 Å². The number of para-hydroxylation sites is 1. The summed E-state index contributed by atoms with van der Waals surface area (Å²) in [5, 5.41) is 8.28. The maximum atomic E-state index is 11.8. The lowest BCUT2D eigenvalue weighted by Crippen LogP contribution is -2.38. The minimum atomic E-state index is -0.695. The van der Waals surface area contributed by atoms with Crippen molar-refractivity contribution < 1.29 is 19.0 Å². The van der Waals surface area contributed by atoms with Crippen LogP contribution in [0.1, 0.15) is 43.9 Å². The number of nitrogens with zero attached hydrogens (tertiary/aromatic N) is 2. The molecule has 0 aliphatic carbocycles. The number of anilines is 1. The van der Waals surface area contributed by atoms with Crippen molar-refractivity contribution in [2.24, 2.45) is 5.10 Å². The zero-order chi connectivity index (χ0) is 26.3. The Bertz CT molecular complexity index is 1300. The summed E-state index contributed by atoms with van der Waals surface area (Å²) in [6, 6.07) is 17.2. The van der Waals surface area contributed by atoms with Crippen LogP contribution in [0.25, 0.3) is 0 Å². The fourth-order valence-corrected chi connectivity index (χ4v) is 4.26. The molecule has 8 nitrogen and oxygen atoms in total. The second-order valence-electron chi connectivity index (χ2n) is 8.64. The van der Waals surface area contributed by atoms with Gasteiger partial charge in [-0.2, -0.15) is 5.10 Å². The number of rotatable bonds is 8. The molecule has 0 radical (unpaired) electrons. The number of hydrogen-bond acceptors (Lipinski definition) is 7. The van der Waals surface area contributed by atoms with Crippen LogP contribution in [0.5, 0.6) is 11.5 Å². The third-order valence-corrected chi connectivity index (χ3v) is 6.17. The lowest BCUT2D eigenvalue weighted by atomic mass is 9.86. The van der Waals surface area contributed by atoms with Crippen molar-refractivity contribution in [3.05, 3.63) is 83.7 Å². The van der Waals surface area contributed by atoms with Crippen molar-refractivity contribution in [1.29, 1.82) is 0 Å². The van der Waals surface area contributed by atoms with Crippen LogP contribution in [0.2, 0.25) is 0 Å². The van der Waals surface area contributed by atoms with Crippen molar-refractivity contribution in [3.63, 3.8) is 0 Å². The number of nitrogens with one attached hydrogen (secondary N) is 2. The predicted molar refractivity (Wildman–Crippen MR) is 147 cm³/mol. The van der Waals surface area contributed by atoms with Crippen molar-refractivity contribution in [1.82, 2.24) is 10.4 Å². The molecule has 0 unspecified atom stereocenters.